The molecule has 1 atom stereocenters. The average Bonchev–Trinajstić information content (AvgIpc) is 3.04. The van der Waals surface area contributed by atoms with Crippen LogP contribution in [0, 0.1) is 0 Å². The Balaban J connectivity index is 0.00000341. The smallest absolute Gasteiger partial charge is 0.307 e. The van der Waals surface area contributed by atoms with Crippen LogP contribution in [0.1, 0.15) is 27.7 Å². The normalized spacial score (nSPS) is 11.6. The van der Waals surface area contributed by atoms with Gasteiger partial charge in [-0.05, 0) is 35.4 Å². The number of nitrogens with one attached hydrogen (secondary N) is 1. The highest BCUT2D eigenvalue weighted by atomic mass is 35.5. The summed E-state index contributed by atoms with van der Waals surface area (Å²) in [6, 6.07) is 9.13. The summed E-state index contributed by atoms with van der Waals surface area (Å²) in [5.41, 5.74) is 2.11. The third kappa shape index (κ3) is 5.10. The fourth-order valence-corrected chi connectivity index (χ4v) is 3.95. The Morgan fingerprint density at radius 1 is 1.19 bits per heavy atom. The van der Waals surface area contributed by atoms with Gasteiger partial charge in [-0.25, -0.2) is 0 Å². The number of carbonyl (C=O) groups is 2. The first-order valence-electron chi connectivity index (χ1n) is 9.00. The van der Waals surface area contributed by atoms with Gasteiger partial charge in [0.1, 0.15) is 11.4 Å². The van der Waals surface area contributed by atoms with Crippen molar-refractivity contribution in [3.63, 3.8) is 0 Å². The SMILES string of the molecule is COc1ccc2c(cc(C(=O)N[C@H](CO)c3ccc(CC(=O)O)cc3Cl)n2C)c1Cl.S. The van der Waals surface area contributed by atoms with Crippen molar-refractivity contribution in [1.29, 1.82) is 0 Å². The molecule has 31 heavy (non-hydrogen) atoms. The van der Waals surface area contributed by atoms with Crippen LogP contribution in [0.4, 0.5) is 0 Å². The molecule has 1 amide bonds. The van der Waals surface area contributed by atoms with E-state index in [2.05, 4.69) is 5.32 Å². The summed E-state index contributed by atoms with van der Waals surface area (Å²) in [6.45, 7) is -0.387. The van der Waals surface area contributed by atoms with E-state index in [1.807, 2.05) is 0 Å². The first-order valence-corrected chi connectivity index (χ1v) is 9.76. The van der Waals surface area contributed by atoms with E-state index in [0.29, 0.717) is 33.0 Å². The number of rotatable bonds is 7. The molecule has 0 aliphatic carbocycles. The van der Waals surface area contributed by atoms with E-state index in [1.165, 1.54) is 13.2 Å². The summed E-state index contributed by atoms with van der Waals surface area (Å²) >= 11 is 12.6. The van der Waals surface area contributed by atoms with E-state index in [-0.39, 0.29) is 31.5 Å². The second kappa shape index (κ2) is 10.3. The number of ether oxygens (including phenoxy) is 1. The number of methoxy groups -OCH3 is 1. The number of halogens is 2. The van der Waals surface area contributed by atoms with Crippen LogP contribution in [-0.4, -0.2) is 40.4 Å². The maximum Gasteiger partial charge on any atom is 0.307 e. The van der Waals surface area contributed by atoms with Gasteiger partial charge in [0.2, 0.25) is 0 Å². The van der Waals surface area contributed by atoms with Crippen molar-refractivity contribution in [2.75, 3.05) is 13.7 Å². The number of benzene rings is 2. The minimum atomic E-state index is -0.975. The molecule has 0 saturated carbocycles. The molecule has 0 fully saturated rings. The van der Waals surface area contributed by atoms with Crippen molar-refractivity contribution in [1.82, 2.24) is 9.88 Å². The van der Waals surface area contributed by atoms with E-state index in [0.717, 1.165) is 5.52 Å². The Hall–Kier alpha value is -2.39. The summed E-state index contributed by atoms with van der Waals surface area (Å²) < 4.78 is 6.92. The van der Waals surface area contributed by atoms with Gasteiger partial charge in [-0.3, -0.25) is 9.59 Å². The quantitative estimate of drug-likeness (QED) is 0.474. The molecule has 0 unspecified atom stereocenters. The van der Waals surface area contributed by atoms with Crippen LogP contribution in [0.3, 0.4) is 0 Å². The van der Waals surface area contributed by atoms with Gasteiger partial charge in [0.05, 0.1) is 36.7 Å². The van der Waals surface area contributed by atoms with Gasteiger partial charge in [-0.15, -0.1) is 0 Å². The summed E-state index contributed by atoms with van der Waals surface area (Å²) in [5, 5.41) is 22.8. The molecule has 0 spiro atoms. The van der Waals surface area contributed by atoms with Crippen molar-refractivity contribution >= 4 is 59.5 Å². The first kappa shape index (κ1) is 24.9. The molecule has 0 saturated heterocycles. The molecule has 2 aromatic carbocycles. The number of aromatic nitrogens is 1. The minimum Gasteiger partial charge on any atom is -0.495 e. The zero-order valence-electron chi connectivity index (χ0n) is 16.8. The Morgan fingerprint density at radius 3 is 2.48 bits per heavy atom. The van der Waals surface area contributed by atoms with Crippen molar-refractivity contribution in [3.05, 3.63) is 63.3 Å². The Bertz CT molecular complexity index is 1130. The lowest BCUT2D eigenvalue weighted by Gasteiger charge is -2.19. The highest BCUT2D eigenvalue weighted by Gasteiger charge is 2.22. The number of aliphatic carboxylic acids is 1. The lowest BCUT2D eigenvalue weighted by molar-refractivity contribution is -0.136. The lowest BCUT2D eigenvalue weighted by atomic mass is 10.0. The van der Waals surface area contributed by atoms with Crippen LogP contribution in [0.15, 0.2) is 36.4 Å². The van der Waals surface area contributed by atoms with Gasteiger partial charge < -0.3 is 24.8 Å². The molecule has 3 N–H and O–H groups in total. The predicted octanol–water partition coefficient (Wildman–Crippen LogP) is 3.70. The molecule has 0 aliphatic rings. The van der Waals surface area contributed by atoms with E-state index < -0.39 is 17.9 Å². The molecule has 166 valence electrons. The highest BCUT2D eigenvalue weighted by Crippen LogP contribution is 2.34. The number of aliphatic hydroxyl groups is 1. The number of carboxylic acid groups (broad SMARTS) is 1. The number of aliphatic hydroxyl groups excluding tert-OH is 1. The average molecular weight is 485 g/mol. The Kier molecular flexibility index (Phi) is 8.25. The highest BCUT2D eigenvalue weighted by molar-refractivity contribution is 7.59. The Morgan fingerprint density at radius 2 is 1.90 bits per heavy atom. The van der Waals surface area contributed by atoms with Gasteiger partial charge in [0.15, 0.2) is 0 Å². The standard InChI is InChI=1S/C21H20Cl2N2O5.H2S/c1-25-16-5-6-18(30-2)20(23)13(16)9-17(25)21(29)24-15(10-26)12-4-3-11(7-14(12)22)8-19(27)28;/h3-7,9,15,26H,8,10H2,1-2H3,(H,24,29)(H,27,28);1H2/t15-;/m1./s1. The molecule has 0 aliphatic heterocycles. The zero-order chi connectivity index (χ0) is 22.0. The van der Waals surface area contributed by atoms with Gasteiger partial charge in [0, 0.05) is 17.5 Å². The van der Waals surface area contributed by atoms with Crippen molar-refractivity contribution in [2.24, 2.45) is 7.05 Å². The molecular weight excluding hydrogens is 463 g/mol. The fourth-order valence-electron chi connectivity index (χ4n) is 3.32. The number of fused-ring (bicyclic) bond motifs is 1. The minimum absolute atomic E-state index is 0. The third-order valence-corrected chi connectivity index (χ3v) is 5.58. The largest absolute Gasteiger partial charge is 0.495 e. The first-order chi connectivity index (χ1) is 14.3. The molecular formula is C21H22Cl2N2O5S. The van der Waals surface area contributed by atoms with E-state index in [9.17, 15) is 14.7 Å². The van der Waals surface area contributed by atoms with Crippen LogP contribution in [0.25, 0.3) is 10.9 Å². The molecule has 0 bridgehead atoms. The van der Waals surface area contributed by atoms with Gasteiger partial charge in [-0.2, -0.15) is 13.5 Å². The van der Waals surface area contributed by atoms with Crippen LogP contribution < -0.4 is 10.1 Å². The second-order valence-electron chi connectivity index (χ2n) is 6.74. The fraction of sp³-hybridized carbons (Fsp3) is 0.238. The van der Waals surface area contributed by atoms with Gasteiger partial charge >= 0.3 is 5.97 Å². The van der Waals surface area contributed by atoms with Crippen LogP contribution in [0.5, 0.6) is 5.75 Å². The van der Waals surface area contributed by atoms with Crippen molar-refractivity contribution in [2.45, 2.75) is 12.5 Å². The van der Waals surface area contributed by atoms with Gasteiger partial charge in [-0.1, -0.05) is 35.3 Å². The maximum absolute atomic E-state index is 12.9. The Labute approximate surface area is 196 Å². The number of hydrogen-bond donors (Lipinski definition) is 3. The molecule has 1 heterocycles. The van der Waals surface area contributed by atoms with Gasteiger partial charge in [0.25, 0.3) is 5.91 Å². The summed E-state index contributed by atoms with van der Waals surface area (Å²) in [7, 11) is 3.25. The van der Waals surface area contributed by atoms with Crippen molar-refractivity contribution in [3.8, 4) is 5.75 Å². The number of carboxylic acids is 1. The molecule has 3 rings (SSSR count). The molecule has 10 heteroatoms. The van der Waals surface area contributed by atoms with E-state index in [4.69, 9.17) is 33.0 Å². The van der Waals surface area contributed by atoms with E-state index >= 15 is 0 Å². The number of aryl methyl sites for hydroxylation is 1. The van der Waals surface area contributed by atoms with Crippen LogP contribution in [-0.2, 0) is 18.3 Å². The van der Waals surface area contributed by atoms with Crippen LogP contribution in [0.2, 0.25) is 10.0 Å². The van der Waals surface area contributed by atoms with E-state index in [1.54, 1.807) is 41.9 Å². The summed E-state index contributed by atoms with van der Waals surface area (Å²) in [5.74, 6) is -0.895. The van der Waals surface area contributed by atoms with Crippen LogP contribution >= 0.6 is 36.7 Å². The summed E-state index contributed by atoms with van der Waals surface area (Å²) in [4.78, 5) is 23.8. The maximum atomic E-state index is 12.9. The van der Waals surface area contributed by atoms with Crippen molar-refractivity contribution < 1.29 is 24.5 Å². The number of carbonyl (C=O) groups excluding carboxylic acids is 1. The number of amides is 1. The summed E-state index contributed by atoms with van der Waals surface area (Å²) in [6.07, 6.45) is -0.170. The molecule has 3 aromatic rings. The number of hydrogen-bond acceptors (Lipinski definition) is 4. The molecule has 1 aromatic heterocycles. The second-order valence-corrected chi connectivity index (χ2v) is 7.52. The molecule has 7 nitrogen and oxygen atoms in total. The third-order valence-electron chi connectivity index (χ3n) is 4.86. The zero-order valence-corrected chi connectivity index (χ0v) is 19.3. The molecule has 0 radical (unpaired) electrons. The lowest BCUT2D eigenvalue weighted by Crippen LogP contribution is -2.32. The topological polar surface area (TPSA) is 101 Å². The monoisotopic (exact) mass is 484 g/mol. The number of nitrogens with zero attached hydrogens (tertiary/aromatic N) is 1. The predicted molar refractivity (Wildman–Crippen MR) is 125 cm³/mol.